The molecule has 0 saturated heterocycles. The van der Waals surface area contributed by atoms with E-state index in [2.05, 4.69) is 0 Å². The Morgan fingerprint density at radius 2 is 0.850 bits per heavy atom. The Balaban J connectivity index is 0.000000161. The summed E-state index contributed by atoms with van der Waals surface area (Å²) in [5.74, 6) is 0.154. The molecule has 8 heteroatoms. The van der Waals surface area contributed by atoms with Crippen LogP contribution < -0.4 is 0 Å². The number of ether oxygens (including phenoxy) is 2. The lowest BCUT2D eigenvalue weighted by Gasteiger charge is -2.62. The SMILES string of the molecule is CCC(C)(C)C(=O)OC12CC3CC(O)(CC(O)(C3)C1)C2.CCC(C)(C)C(=O)OC12CC3CC(O)(CC(O)(C3)C1)C2. The zero-order valence-electron chi connectivity index (χ0n) is 25.5. The van der Waals surface area contributed by atoms with Crippen molar-refractivity contribution in [1.29, 1.82) is 0 Å². The van der Waals surface area contributed by atoms with Gasteiger partial charge in [0.2, 0.25) is 0 Å². The maximum atomic E-state index is 12.4. The predicted octanol–water partition coefficient (Wildman–Crippen LogP) is 4.33. The van der Waals surface area contributed by atoms with Crippen LogP contribution in [0, 0.1) is 22.7 Å². The summed E-state index contributed by atoms with van der Waals surface area (Å²) < 4.78 is 11.8. The molecule has 8 rings (SSSR count). The first-order valence-corrected chi connectivity index (χ1v) is 15.6. The minimum atomic E-state index is -0.842. The molecule has 40 heavy (non-hydrogen) atoms. The van der Waals surface area contributed by atoms with Crippen LogP contribution in [0.4, 0.5) is 0 Å². The normalized spacial score (nSPS) is 46.5. The van der Waals surface area contributed by atoms with Gasteiger partial charge < -0.3 is 29.9 Å². The van der Waals surface area contributed by atoms with Crippen molar-refractivity contribution in [3.8, 4) is 0 Å². The van der Waals surface area contributed by atoms with Crippen LogP contribution in [0.5, 0.6) is 0 Å². The molecular weight excluding hydrogens is 512 g/mol. The largest absolute Gasteiger partial charge is 0.458 e. The monoisotopic (exact) mass is 564 g/mol. The summed E-state index contributed by atoms with van der Waals surface area (Å²) in [6.07, 6.45) is 8.84. The van der Waals surface area contributed by atoms with Gasteiger partial charge in [-0.1, -0.05) is 13.8 Å². The number of hydrogen-bond donors (Lipinski definition) is 4. The number of esters is 2. The molecule has 8 aliphatic carbocycles. The number of carbonyl (C=O) groups is 2. The Morgan fingerprint density at radius 3 is 1.07 bits per heavy atom. The molecule has 228 valence electrons. The Kier molecular flexibility index (Phi) is 6.91. The fraction of sp³-hybridized carbons (Fsp3) is 0.938. The van der Waals surface area contributed by atoms with Crippen LogP contribution in [0.15, 0.2) is 0 Å². The first kappa shape index (κ1) is 30.2. The molecule has 0 aliphatic heterocycles. The molecule has 8 aliphatic rings. The zero-order chi connectivity index (χ0) is 29.6. The van der Waals surface area contributed by atoms with Gasteiger partial charge in [0, 0.05) is 38.5 Å². The summed E-state index contributed by atoms with van der Waals surface area (Å²) in [7, 11) is 0. The molecule has 4 atom stereocenters. The summed E-state index contributed by atoms with van der Waals surface area (Å²) in [6, 6.07) is 0. The molecule has 8 saturated carbocycles. The molecule has 4 unspecified atom stereocenters. The smallest absolute Gasteiger partial charge is 0.312 e. The Hall–Kier alpha value is -1.22. The van der Waals surface area contributed by atoms with Gasteiger partial charge in [-0.2, -0.15) is 0 Å². The first-order chi connectivity index (χ1) is 18.2. The first-order valence-electron chi connectivity index (χ1n) is 15.6. The molecule has 0 heterocycles. The van der Waals surface area contributed by atoms with E-state index in [1.165, 1.54) is 0 Å². The Bertz CT molecular complexity index is 930. The van der Waals surface area contributed by atoms with Crippen molar-refractivity contribution in [3.63, 3.8) is 0 Å². The van der Waals surface area contributed by atoms with E-state index < -0.39 is 44.4 Å². The topological polar surface area (TPSA) is 134 Å². The van der Waals surface area contributed by atoms with E-state index in [9.17, 15) is 30.0 Å². The summed E-state index contributed by atoms with van der Waals surface area (Å²) >= 11 is 0. The number of carbonyl (C=O) groups excluding carboxylic acids is 2. The van der Waals surface area contributed by atoms with Gasteiger partial charge in [-0.15, -0.1) is 0 Å². The molecule has 0 radical (unpaired) electrons. The quantitative estimate of drug-likeness (QED) is 0.351. The Morgan fingerprint density at radius 1 is 0.575 bits per heavy atom. The van der Waals surface area contributed by atoms with Crippen molar-refractivity contribution >= 4 is 11.9 Å². The van der Waals surface area contributed by atoms with E-state index in [0.29, 0.717) is 38.5 Å². The van der Waals surface area contributed by atoms with Crippen LogP contribution in [-0.2, 0) is 19.1 Å². The second kappa shape index (κ2) is 9.14. The molecule has 0 aromatic carbocycles. The van der Waals surface area contributed by atoms with Crippen molar-refractivity contribution in [2.45, 2.75) is 165 Å². The van der Waals surface area contributed by atoms with E-state index in [1.54, 1.807) is 0 Å². The minimum Gasteiger partial charge on any atom is -0.458 e. The number of rotatable bonds is 6. The third kappa shape index (κ3) is 5.47. The van der Waals surface area contributed by atoms with Gasteiger partial charge in [-0.05, 0) is 90.9 Å². The highest BCUT2D eigenvalue weighted by molar-refractivity contribution is 5.77. The van der Waals surface area contributed by atoms with E-state index in [-0.39, 0.29) is 23.8 Å². The van der Waals surface area contributed by atoms with Crippen LogP contribution in [0.3, 0.4) is 0 Å². The van der Waals surface area contributed by atoms with Crippen LogP contribution in [0.2, 0.25) is 0 Å². The van der Waals surface area contributed by atoms with Gasteiger partial charge in [-0.25, -0.2) is 0 Å². The second-order valence-electron chi connectivity index (χ2n) is 16.5. The van der Waals surface area contributed by atoms with Crippen LogP contribution in [0.1, 0.15) is 131 Å². The third-order valence-corrected chi connectivity index (χ3v) is 11.4. The van der Waals surface area contributed by atoms with Crippen LogP contribution in [-0.4, -0.2) is 66.0 Å². The molecule has 0 spiro atoms. The molecule has 8 bridgehead atoms. The van der Waals surface area contributed by atoms with Gasteiger partial charge in [0.15, 0.2) is 0 Å². The maximum Gasteiger partial charge on any atom is 0.312 e. The van der Waals surface area contributed by atoms with Gasteiger partial charge in [0.05, 0.1) is 33.2 Å². The molecule has 0 aromatic heterocycles. The van der Waals surface area contributed by atoms with Gasteiger partial charge >= 0.3 is 11.9 Å². The average Bonchev–Trinajstić information content (AvgIpc) is 2.73. The number of hydrogen-bond acceptors (Lipinski definition) is 8. The fourth-order valence-corrected chi connectivity index (χ4v) is 9.69. The highest BCUT2D eigenvalue weighted by Gasteiger charge is 2.66. The lowest BCUT2D eigenvalue weighted by atomic mass is 9.50. The summed E-state index contributed by atoms with van der Waals surface area (Å²) in [4.78, 5) is 24.8. The summed E-state index contributed by atoms with van der Waals surface area (Å²) in [5.41, 5.74) is -5.67. The molecule has 8 fully saturated rings. The molecule has 4 N–H and O–H groups in total. The van der Waals surface area contributed by atoms with E-state index in [1.807, 2.05) is 41.5 Å². The lowest BCUT2D eigenvalue weighted by Crippen LogP contribution is -2.67. The van der Waals surface area contributed by atoms with Gasteiger partial charge in [0.25, 0.3) is 0 Å². The van der Waals surface area contributed by atoms with Crippen molar-refractivity contribution < 1.29 is 39.5 Å². The average molecular weight is 565 g/mol. The predicted molar refractivity (Wildman–Crippen MR) is 148 cm³/mol. The molecule has 0 amide bonds. The van der Waals surface area contributed by atoms with Gasteiger partial charge in [-0.3, -0.25) is 9.59 Å². The zero-order valence-corrected chi connectivity index (χ0v) is 25.5. The Labute approximate surface area is 239 Å². The summed E-state index contributed by atoms with van der Waals surface area (Å²) in [5, 5.41) is 42.6. The fourth-order valence-electron chi connectivity index (χ4n) is 9.69. The van der Waals surface area contributed by atoms with Gasteiger partial charge in [0.1, 0.15) is 11.2 Å². The van der Waals surface area contributed by atoms with Crippen LogP contribution in [0.25, 0.3) is 0 Å². The van der Waals surface area contributed by atoms with E-state index >= 15 is 0 Å². The van der Waals surface area contributed by atoms with E-state index in [0.717, 1.165) is 51.4 Å². The standard InChI is InChI=1S/2C16H26O4/c2*1-4-13(2,3)12(17)20-16-7-11-5-14(18,9-16)8-15(19,6-11)10-16/h2*11,18-19H,4-10H2,1-3H3. The highest BCUT2D eigenvalue weighted by Crippen LogP contribution is 2.62. The van der Waals surface area contributed by atoms with Crippen molar-refractivity contribution in [2.24, 2.45) is 22.7 Å². The van der Waals surface area contributed by atoms with E-state index in [4.69, 9.17) is 9.47 Å². The highest BCUT2D eigenvalue weighted by atomic mass is 16.6. The molecular formula is C32H52O8. The molecule has 0 aromatic rings. The van der Waals surface area contributed by atoms with Crippen molar-refractivity contribution in [1.82, 2.24) is 0 Å². The summed E-state index contributed by atoms with van der Waals surface area (Å²) in [6.45, 7) is 11.5. The van der Waals surface area contributed by atoms with Crippen LogP contribution >= 0.6 is 0 Å². The lowest BCUT2D eigenvalue weighted by molar-refractivity contribution is -0.265. The third-order valence-electron chi connectivity index (χ3n) is 11.4. The maximum absolute atomic E-state index is 12.4. The second-order valence-corrected chi connectivity index (χ2v) is 16.5. The van der Waals surface area contributed by atoms with Crippen molar-refractivity contribution in [2.75, 3.05) is 0 Å². The molecule has 8 nitrogen and oxygen atoms in total. The minimum absolute atomic E-state index is 0.200. The van der Waals surface area contributed by atoms with Crippen molar-refractivity contribution in [3.05, 3.63) is 0 Å². The number of aliphatic hydroxyl groups is 4.